The number of nitrogens with zero attached hydrogens (tertiary/aromatic N) is 1. The smallest absolute Gasteiger partial charge is 0.303 e. The Kier molecular flexibility index (Phi) is 6.12. The van der Waals surface area contributed by atoms with E-state index in [1.807, 2.05) is 44.2 Å². The summed E-state index contributed by atoms with van der Waals surface area (Å²) in [6, 6.07) is 17.4. The molecule has 5 nitrogen and oxygen atoms in total. The van der Waals surface area contributed by atoms with Crippen LogP contribution < -0.4 is 5.32 Å². The average molecular weight is 394 g/mol. The van der Waals surface area contributed by atoms with Gasteiger partial charge in [0.2, 0.25) is 5.91 Å². The average Bonchev–Trinajstić information content (AvgIpc) is 2.99. The van der Waals surface area contributed by atoms with Crippen LogP contribution in [0.1, 0.15) is 35.7 Å². The van der Waals surface area contributed by atoms with Crippen molar-refractivity contribution < 1.29 is 19.1 Å². The summed E-state index contributed by atoms with van der Waals surface area (Å²) >= 11 is 0. The molecular weight excluding hydrogens is 371 g/mol. The topological polar surface area (TPSA) is 71.3 Å². The number of carboxylic acids is 1. The van der Waals surface area contributed by atoms with Crippen LogP contribution in [0.15, 0.2) is 60.7 Å². The molecule has 0 spiro atoms. The number of carbonyl (C=O) groups is 2. The zero-order chi connectivity index (χ0) is 21.0. The van der Waals surface area contributed by atoms with Gasteiger partial charge in [-0.15, -0.1) is 0 Å². The highest BCUT2D eigenvalue weighted by atomic mass is 19.1. The Morgan fingerprint density at radius 3 is 2.34 bits per heavy atom. The third-order valence-corrected chi connectivity index (χ3v) is 4.86. The Bertz CT molecular complexity index is 1020. The number of aliphatic carboxylic acids is 1. The van der Waals surface area contributed by atoms with E-state index in [2.05, 4.69) is 9.88 Å². The second kappa shape index (κ2) is 8.73. The predicted molar refractivity (Wildman–Crippen MR) is 110 cm³/mol. The van der Waals surface area contributed by atoms with Crippen molar-refractivity contribution in [3.8, 4) is 5.69 Å². The number of hydrogen-bond acceptors (Lipinski definition) is 2. The van der Waals surface area contributed by atoms with Gasteiger partial charge in [0.05, 0.1) is 6.42 Å². The second-order valence-electron chi connectivity index (χ2n) is 7.07. The van der Waals surface area contributed by atoms with Gasteiger partial charge < -0.3 is 15.0 Å². The summed E-state index contributed by atoms with van der Waals surface area (Å²) in [5.74, 6) is -2.69. The molecule has 0 saturated heterocycles. The van der Waals surface area contributed by atoms with Gasteiger partial charge in [-0.05, 0) is 55.8 Å². The molecule has 6 heteroatoms. The number of carboxylic acid groups (broad SMARTS) is 1. The molecule has 3 aromatic rings. The van der Waals surface area contributed by atoms with E-state index in [1.54, 1.807) is 12.1 Å². The van der Waals surface area contributed by atoms with E-state index in [-0.39, 0.29) is 24.3 Å². The standard InChI is InChI=1S/C23H23FN2O3/c1-15-10-11-16(2)26(15)19-7-5-6-18(14-19)25-22(27)12-17(13-23(28)29)20-8-3-4-9-21(20)24/h3-11,14,17H,12-13H2,1-2H3,(H,25,27)(H,28,29). The SMILES string of the molecule is Cc1ccc(C)n1-c1cccc(NC(=O)CC(CC(=O)O)c2ccccc2F)c1. The third kappa shape index (κ3) is 4.90. The van der Waals surface area contributed by atoms with Gasteiger partial charge in [0.25, 0.3) is 0 Å². The quantitative estimate of drug-likeness (QED) is 0.603. The number of benzene rings is 2. The summed E-state index contributed by atoms with van der Waals surface area (Å²) in [6.07, 6.45) is -0.449. The number of anilines is 1. The molecule has 0 aliphatic heterocycles. The number of nitrogens with one attached hydrogen (secondary N) is 1. The number of halogens is 1. The zero-order valence-electron chi connectivity index (χ0n) is 16.4. The highest BCUT2D eigenvalue weighted by Crippen LogP contribution is 2.27. The van der Waals surface area contributed by atoms with Crippen molar-refractivity contribution in [3.05, 3.63) is 83.4 Å². The van der Waals surface area contributed by atoms with Crippen LogP contribution in [0.25, 0.3) is 5.69 Å². The first-order valence-electron chi connectivity index (χ1n) is 9.36. The van der Waals surface area contributed by atoms with Crippen LogP contribution in [0.2, 0.25) is 0 Å². The van der Waals surface area contributed by atoms with Crippen LogP contribution >= 0.6 is 0 Å². The molecule has 150 valence electrons. The molecule has 29 heavy (non-hydrogen) atoms. The van der Waals surface area contributed by atoms with Crippen molar-refractivity contribution in [2.24, 2.45) is 0 Å². The van der Waals surface area contributed by atoms with Gasteiger partial charge in [0.15, 0.2) is 0 Å². The van der Waals surface area contributed by atoms with E-state index in [0.717, 1.165) is 17.1 Å². The molecule has 2 N–H and O–H groups in total. The van der Waals surface area contributed by atoms with Crippen molar-refractivity contribution in [3.63, 3.8) is 0 Å². The molecule has 1 amide bonds. The van der Waals surface area contributed by atoms with E-state index in [0.29, 0.717) is 5.69 Å². The van der Waals surface area contributed by atoms with Crippen LogP contribution in [-0.4, -0.2) is 21.6 Å². The molecule has 1 heterocycles. The van der Waals surface area contributed by atoms with E-state index in [4.69, 9.17) is 0 Å². The molecule has 2 aromatic carbocycles. The van der Waals surface area contributed by atoms with Gasteiger partial charge in [-0.3, -0.25) is 9.59 Å². The molecule has 3 rings (SSSR count). The predicted octanol–water partition coefficient (Wildman–Crippen LogP) is 4.82. The molecule has 0 saturated carbocycles. The molecule has 1 aromatic heterocycles. The Morgan fingerprint density at radius 1 is 1.00 bits per heavy atom. The lowest BCUT2D eigenvalue weighted by Gasteiger charge is -2.16. The van der Waals surface area contributed by atoms with Gasteiger partial charge in [-0.1, -0.05) is 24.3 Å². The Balaban J connectivity index is 1.78. The van der Waals surface area contributed by atoms with Gasteiger partial charge >= 0.3 is 5.97 Å². The summed E-state index contributed by atoms with van der Waals surface area (Å²) in [6.45, 7) is 4.01. The number of amides is 1. The lowest BCUT2D eigenvalue weighted by molar-refractivity contribution is -0.137. The van der Waals surface area contributed by atoms with Crippen molar-refractivity contribution in [2.75, 3.05) is 5.32 Å². The lowest BCUT2D eigenvalue weighted by atomic mass is 9.91. The van der Waals surface area contributed by atoms with Gasteiger partial charge in [0, 0.05) is 35.1 Å². The molecule has 0 aliphatic rings. The monoisotopic (exact) mass is 394 g/mol. The molecule has 0 radical (unpaired) electrons. The van der Waals surface area contributed by atoms with Crippen LogP contribution in [0.3, 0.4) is 0 Å². The maximum absolute atomic E-state index is 14.1. The van der Waals surface area contributed by atoms with E-state index < -0.39 is 17.7 Å². The molecule has 0 fully saturated rings. The maximum Gasteiger partial charge on any atom is 0.303 e. The zero-order valence-corrected chi connectivity index (χ0v) is 16.4. The summed E-state index contributed by atoms with van der Waals surface area (Å²) in [5, 5.41) is 12.0. The molecule has 0 bridgehead atoms. The highest BCUT2D eigenvalue weighted by Gasteiger charge is 2.22. The minimum atomic E-state index is -1.08. The van der Waals surface area contributed by atoms with Crippen molar-refractivity contribution in [1.82, 2.24) is 4.57 Å². The van der Waals surface area contributed by atoms with E-state index in [1.165, 1.54) is 18.2 Å². The van der Waals surface area contributed by atoms with Gasteiger partial charge in [-0.2, -0.15) is 0 Å². The van der Waals surface area contributed by atoms with Crippen LogP contribution in [0, 0.1) is 19.7 Å². The summed E-state index contributed by atoms with van der Waals surface area (Å²) in [5.41, 5.74) is 3.90. The number of rotatable bonds is 7. The largest absolute Gasteiger partial charge is 0.481 e. The first-order chi connectivity index (χ1) is 13.8. The van der Waals surface area contributed by atoms with E-state index in [9.17, 15) is 19.1 Å². The third-order valence-electron chi connectivity index (χ3n) is 4.86. The first kappa shape index (κ1) is 20.3. The second-order valence-corrected chi connectivity index (χ2v) is 7.07. The van der Waals surface area contributed by atoms with Crippen LogP contribution in [0.4, 0.5) is 10.1 Å². The first-order valence-corrected chi connectivity index (χ1v) is 9.36. The van der Waals surface area contributed by atoms with Gasteiger partial charge in [0.1, 0.15) is 5.82 Å². The lowest BCUT2D eigenvalue weighted by Crippen LogP contribution is -2.18. The Hall–Kier alpha value is -3.41. The van der Waals surface area contributed by atoms with Crippen molar-refractivity contribution in [1.29, 1.82) is 0 Å². The highest BCUT2D eigenvalue weighted by molar-refractivity contribution is 5.92. The Morgan fingerprint density at radius 2 is 1.69 bits per heavy atom. The summed E-state index contributed by atoms with van der Waals surface area (Å²) in [7, 11) is 0. The Labute approximate surface area is 168 Å². The molecule has 0 aliphatic carbocycles. The molecule has 1 unspecified atom stereocenters. The van der Waals surface area contributed by atoms with E-state index >= 15 is 0 Å². The van der Waals surface area contributed by atoms with Crippen LogP contribution in [0.5, 0.6) is 0 Å². The van der Waals surface area contributed by atoms with Gasteiger partial charge in [-0.25, -0.2) is 4.39 Å². The van der Waals surface area contributed by atoms with Crippen molar-refractivity contribution in [2.45, 2.75) is 32.6 Å². The maximum atomic E-state index is 14.1. The minimum absolute atomic E-state index is 0.126. The fourth-order valence-corrected chi connectivity index (χ4v) is 3.54. The molecule has 1 atom stereocenters. The fraction of sp³-hybridized carbons (Fsp3) is 0.217. The minimum Gasteiger partial charge on any atom is -0.481 e. The molecular formula is C23H23FN2O3. The number of carbonyl (C=O) groups excluding carboxylic acids is 1. The number of aromatic nitrogens is 1. The number of aryl methyl sites for hydroxylation is 2. The normalized spacial score (nSPS) is 11.8. The summed E-state index contributed by atoms with van der Waals surface area (Å²) in [4.78, 5) is 23.8. The number of hydrogen-bond donors (Lipinski definition) is 2. The summed E-state index contributed by atoms with van der Waals surface area (Å²) < 4.78 is 16.2. The van der Waals surface area contributed by atoms with Crippen LogP contribution in [-0.2, 0) is 9.59 Å². The van der Waals surface area contributed by atoms with Crippen molar-refractivity contribution >= 4 is 17.6 Å². The fourth-order valence-electron chi connectivity index (χ4n) is 3.54.